The molecule has 1 aliphatic rings. The summed E-state index contributed by atoms with van der Waals surface area (Å²) < 4.78 is 0. The highest BCUT2D eigenvalue weighted by Crippen LogP contribution is 2.18. The first-order chi connectivity index (χ1) is 10.6. The average Bonchev–Trinajstić information content (AvgIpc) is 2.99. The number of aromatic nitrogens is 1. The molecule has 1 saturated heterocycles. The lowest BCUT2D eigenvalue weighted by Crippen LogP contribution is -2.43. The third-order valence-corrected chi connectivity index (χ3v) is 3.89. The summed E-state index contributed by atoms with van der Waals surface area (Å²) >= 11 is 0. The van der Waals surface area contributed by atoms with Crippen LogP contribution < -0.4 is 5.32 Å². The van der Waals surface area contributed by atoms with Crippen LogP contribution in [0, 0.1) is 0 Å². The number of nitrogens with one attached hydrogen (secondary N) is 1. The first-order valence-electron chi connectivity index (χ1n) is 7.74. The van der Waals surface area contributed by atoms with Crippen LogP contribution in [0.25, 0.3) is 0 Å². The fourth-order valence-electron chi connectivity index (χ4n) is 2.74. The van der Waals surface area contributed by atoms with Crippen LogP contribution in [-0.4, -0.2) is 66.4 Å². The first-order valence-corrected chi connectivity index (χ1v) is 7.74. The molecule has 0 radical (unpaired) electrons. The zero-order valence-electron chi connectivity index (χ0n) is 13.3. The molecule has 0 saturated carbocycles. The van der Waals surface area contributed by atoms with E-state index in [-0.39, 0.29) is 17.9 Å². The highest BCUT2D eigenvalue weighted by Gasteiger charge is 2.30. The summed E-state index contributed by atoms with van der Waals surface area (Å²) in [5.41, 5.74) is 0.435. The molecule has 1 atom stereocenters. The fraction of sp³-hybridized carbons (Fsp3) is 0.562. The fourth-order valence-corrected chi connectivity index (χ4v) is 2.74. The van der Waals surface area contributed by atoms with E-state index in [0.29, 0.717) is 12.2 Å². The summed E-state index contributed by atoms with van der Waals surface area (Å²) in [6, 6.07) is 5.28. The van der Waals surface area contributed by atoms with Crippen molar-refractivity contribution in [1.82, 2.24) is 20.1 Å². The number of carbonyl (C=O) groups is 2. The van der Waals surface area contributed by atoms with Gasteiger partial charge in [0.25, 0.3) is 5.91 Å². The van der Waals surface area contributed by atoms with E-state index in [0.717, 1.165) is 32.4 Å². The number of hydrogen-bond acceptors (Lipinski definition) is 4. The smallest absolute Gasteiger partial charge is 0.269 e. The van der Waals surface area contributed by atoms with Gasteiger partial charge < -0.3 is 10.2 Å². The molecular formula is C16H24N4O2. The zero-order valence-corrected chi connectivity index (χ0v) is 13.3. The van der Waals surface area contributed by atoms with Gasteiger partial charge >= 0.3 is 0 Å². The van der Waals surface area contributed by atoms with Crippen molar-refractivity contribution in [2.24, 2.45) is 0 Å². The summed E-state index contributed by atoms with van der Waals surface area (Å²) in [6.45, 7) is 2.37. The topological polar surface area (TPSA) is 65.5 Å². The number of likely N-dealkylation sites (tertiary alicyclic amines) is 1. The predicted molar refractivity (Wildman–Crippen MR) is 84.5 cm³/mol. The lowest BCUT2D eigenvalue weighted by Gasteiger charge is -2.26. The second-order valence-electron chi connectivity index (χ2n) is 5.75. The van der Waals surface area contributed by atoms with Crippen LogP contribution in [0.3, 0.4) is 0 Å². The Kier molecular flexibility index (Phi) is 5.89. The third kappa shape index (κ3) is 4.27. The van der Waals surface area contributed by atoms with Crippen LogP contribution in [-0.2, 0) is 4.79 Å². The first kappa shape index (κ1) is 16.4. The van der Waals surface area contributed by atoms with Gasteiger partial charge in [-0.3, -0.25) is 19.5 Å². The molecule has 1 aromatic rings. The van der Waals surface area contributed by atoms with E-state index in [4.69, 9.17) is 0 Å². The molecule has 6 nitrogen and oxygen atoms in total. The number of hydrogen-bond donors (Lipinski definition) is 1. The minimum absolute atomic E-state index is 0.00138. The summed E-state index contributed by atoms with van der Waals surface area (Å²) in [6.07, 6.45) is 4.42. The van der Waals surface area contributed by atoms with Crippen molar-refractivity contribution < 1.29 is 9.59 Å². The molecule has 2 amide bonds. The van der Waals surface area contributed by atoms with Crippen molar-refractivity contribution in [2.45, 2.75) is 25.3 Å². The minimum atomic E-state index is -0.150. The van der Waals surface area contributed by atoms with E-state index in [9.17, 15) is 9.59 Å². The quantitative estimate of drug-likeness (QED) is 0.788. The van der Waals surface area contributed by atoms with Crippen LogP contribution >= 0.6 is 0 Å². The summed E-state index contributed by atoms with van der Waals surface area (Å²) in [7, 11) is 3.60. The molecular weight excluding hydrogens is 280 g/mol. The van der Waals surface area contributed by atoms with E-state index < -0.39 is 0 Å². The number of carbonyl (C=O) groups excluding carboxylic acids is 2. The zero-order chi connectivity index (χ0) is 15.9. The van der Waals surface area contributed by atoms with Crippen molar-refractivity contribution >= 4 is 11.8 Å². The van der Waals surface area contributed by atoms with Crippen LogP contribution in [0.2, 0.25) is 0 Å². The molecule has 2 heterocycles. The normalized spacial score (nSPS) is 18.2. The molecule has 120 valence electrons. The highest BCUT2D eigenvalue weighted by molar-refractivity contribution is 5.92. The van der Waals surface area contributed by atoms with Gasteiger partial charge in [-0.2, -0.15) is 0 Å². The molecule has 1 aliphatic heterocycles. The van der Waals surface area contributed by atoms with Gasteiger partial charge in [-0.15, -0.1) is 0 Å². The molecule has 0 spiro atoms. The van der Waals surface area contributed by atoms with Crippen LogP contribution in [0.1, 0.15) is 29.8 Å². The van der Waals surface area contributed by atoms with Gasteiger partial charge in [0.15, 0.2) is 0 Å². The monoisotopic (exact) mass is 304 g/mol. The predicted octanol–water partition coefficient (Wildman–Crippen LogP) is 0.754. The van der Waals surface area contributed by atoms with E-state index in [2.05, 4.69) is 15.2 Å². The van der Waals surface area contributed by atoms with Crippen molar-refractivity contribution in [3.05, 3.63) is 30.1 Å². The van der Waals surface area contributed by atoms with Crippen LogP contribution in [0.15, 0.2) is 24.4 Å². The molecule has 0 aromatic carbocycles. The SMILES string of the molecule is CN(C)C(=O)[C@@H]1CCCN1CCCNC(=O)c1ccccn1. The van der Waals surface area contributed by atoms with Gasteiger partial charge in [-0.25, -0.2) is 0 Å². The molecule has 1 aromatic heterocycles. The van der Waals surface area contributed by atoms with Gasteiger partial charge in [0.05, 0.1) is 6.04 Å². The van der Waals surface area contributed by atoms with E-state index in [1.165, 1.54) is 0 Å². The molecule has 0 bridgehead atoms. The minimum Gasteiger partial charge on any atom is -0.351 e. The standard InChI is InChI=1S/C16H24N4O2/c1-19(2)16(22)14-8-5-11-20(14)12-6-10-18-15(21)13-7-3-4-9-17-13/h3-4,7,9,14H,5-6,8,10-12H2,1-2H3,(H,18,21)/t14-/m0/s1. The van der Waals surface area contributed by atoms with Gasteiger partial charge in [0.2, 0.25) is 5.91 Å². The Bertz CT molecular complexity index is 504. The van der Waals surface area contributed by atoms with E-state index >= 15 is 0 Å². The largest absolute Gasteiger partial charge is 0.351 e. The van der Waals surface area contributed by atoms with Crippen LogP contribution in [0.5, 0.6) is 0 Å². The second-order valence-corrected chi connectivity index (χ2v) is 5.75. The Morgan fingerprint density at radius 3 is 2.91 bits per heavy atom. The Labute approximate surface area is 131 Å². The summed E-state index contributed by atoms with van der Waals surface area (Å²) in [4.78, 5) is 31.8. The van der Waals surface area contributed by atoms with Crippen molar-refractivity contribution in [2.75, 3.05) is 33.7 Å². The number of nitrogens with zero attached hydrogens (tertiary/aromatic N) is 3. The molecule has 6 heteroatoms. The van der Waals surface area contributed by atoms with Gasteiger partial charge in [0.1, 0.15) is 5.69 Å². The lowest BCUT2D eigenvalue weighted by atomic mass is 10.2. The molecule has 2 rings (SSSR count). The van der Waals surface area contributed by atoms with Crippen molar-refractivity contribution in [3.8, 4) is 0 Å². The Balaban J connectivity index is 1.72. The summed E-state index contributed by atoms with van der Waals surface area (Å²) in [5.74, 6) is 0.0259. The molecule has 22 heavy (non-hydrogen) atoms. The molecule has 1 N–H and O–H groups in total. The lowest BCUT2D eigenvalue weighted by molar-refractivity contribution is -0.133. The summed E-state index contributed by atoms with van der Waals surface area (Å²) in [5, 5.41) is 2.87. The third-order valence-electron chi connectivity index (χ3n) is 3.89. The Hall–Kier alpha value is -1.95. The maximum absolute atomic E-state index is 12.1. The van der Waals surface area contributed by atoms with Gasteiger partial charge in [0, 0.05) is 33.4 Å². The maximum atomic E-state index is 12.1. The Morgan fingerprint density at radius 2 is 2.23 bits per heavy atom. The molecule has 0 aliphatic carbocycles. The van der Waals surface area contributed by atoms with Crippen LogP contribution in [0.4, 0.5) is 0 Å². The molecule has 1 fully saturated rings. The van der Waals surface area contributed by atoms with Crippen molar-refractivity contribution in [1.29, 1.82) is 0 Å². The maximum Gasteiger partial charge on any atom is 0.269 e. The van der Waals surface area contributed by atoms with E-state index in [1.807, 2.05) is 0 Å². The number of pyridine rings is 1. The second kappa shape index (κ2) is 7.89. The number of likely N-dealkylation sites (N-methyl/N-ethyl adjacent to an activating group) is 1. The Morgan fingerprint density at radius 1 is 1.41 bits per heavy atom. The van der Waals surface area contributed by atoms with Gasteiger partial charge in [-0.1, -0.05) is 6.07 Å². The van der Waals surface area contributed by atoms with Gasteiger partial charge in [-0.05, 0) is 37.9 Å². The molecule has 0 unspecified atom stereocenters. The average molecular weight is 304 g/mol. The van der Waals surface area contributed by atoms with Crippen molar-refractivity contribution in [3.63, 3.8) is 0 Å². The number of rotatable bonds is 6. The number of amides is 2. The van der Waals surface area contributed by atoms with E-state index in [1.54, 1.807) is 43.4 Å². The highest BCUT2D eigenvalue weighted by atomic mass is 16.2.